The third-order valence-corrected chi connectivity index (χ3v) is 5.64. The molecule has 4 rings (SSSR count). The van der Waals surface area contributed by atoms with Gasteiger partial charge in [-0.1, -0.05) is 6.08 Å². The second kappa shape index (κ2) is 5.74. The van der Waals surface area contributed by atoms with Crippen LogP contribution >= 0.6 is 0 Å². The molecule has 6 heteroatoms. The van der Waals surface area contributed by atoms with Gasteiger partial charge in [-0.2, -0.15) is 0 Å². The highest BCUT2D eigenvalue weighted by molar-refractivity contribution is 5.53. The van der Waals surface area contributed by atoms with Crippen LogP contribution in [0.25, 0.3) is 0 Å². The molecule has 0 spiro atoms. The number of rotatable bonds is 3. The summed E-state index contributed by atoms with van der Waals surface area (Å²) in [5.41, 5.74) is 3.12. The van der Waals surface area contributed by atoms with Gasteiger partial charge in [-0.25, -0.2) is 0 Å². The van der Waals surface area contributed by atoms with E-state index in [1.54, 1.807) is 14.2 Å². The number of ether oxygens (including phenoxy) is 3. The lowest BCUT2D eigenvalue weighted by Gasteiger charge is -2.49. The fourth-order valence-corrected chi connectivity index (χ4v) is 4.55. The number of hydrogen-bond donors (Lipinski definition) is 2. The highest BCUT2D eigenvalue weighted by Gasteiger charge is 2.53. The van der Waals surface area contributed by atoms with Gasteiger partial charge < -0.3 is 24.4 Å². The monoisotopic (exact) mass is 333 g/mol. The Morgan fingerprint density at radius 3 is 2.46 bits per heavy atom. The van der Waals surface area contributed by atoms with E-state index < -0.39 is 18.3 Å². The summed E-state index contributed by atoms with van der Waals surface area (Å²) in [4.78, 5) is 2.28. The van der Waals surface area contributed by atoms with E-state index >= 15 is 0 Å². The summed E-state index contributed by atoms with van der Waals surface area (Å²) in [6.07, 6.45) is -0.111. The SMILES string of the molecule is COc1cc2c(cc1OC)[C@@H]1C(O)C(OC)C(O)C3=CCN(C2)[C@H]31. The summed E-state index contributed by atoms with van der Waals surface area (Å²) in [6, 6.07) is 3.95. The Bertz CT molecular complexity index is 688. The molecule has 24 heavy (non-hydrogen) atoms. The molecule has 1 fully saturated rings. The molecule has 3 aliphatic rings. The standard InChI is InChI=1S/C18H23NO5/c1-22-12-6-9-8-19-5-4-10-15(19)14(11(9)7-13(12)23-2)17(21)18(24-3)16(10)20/h4,6-7,14-18,20-21H,5,8H2,1-3H3/t14-,15+,16?,17?,18?/m0/s1. The molecule has 130 valence electrons. The van der Waals surface area contributed by atoms with Crippen LogP contribution in [-0.4, -0.2) is 67.3 Å². The number of aliphatic hydroxyl groups is 2. The molecular weight excluding hydrogens is 310 g/mol. The number of methoxy groups -OCH3 is 3. The minimum atomic E-state index is -0.787. The van der Waals surface area contributed by atoms with Crippen molar-refractivity contribution in [3.63, 3.8) is 0 Å². The zero-order valence-corrected chi connectivity index (χ0v) is 14.1. The van der Waals surface area contributed by atoms with E-state index in [1.165, 1.54) is 7.11 Å². The van der Waals surface area contributed by atoms with E-state index in [1.807, 2.05) is 12.1 Å². The number of nitrogens with zero attached hydrogens (tertiary/aromatic N) is 1. The topological polar surface area (TPSA) is 71.4 Å². The highest BCUT2D eigenvalue weighted by Crippen LogP contribution is 2.49. The van der Waals surface area contributed by atoms with Gasteiger partial charge in [-0.3, -0.25) is 4.90 Å². The fraction of sp³-hybridized carbons (Fsp3) is 0.556. The molecule has 3 unspecified atom stereocenters. The highest BCUT2D eigenvalue weighted by atomic mass is 16.5. The van der Waals surface area contributed by atoms with Crippen LogP contribution in [0.5, 0.6) is 11.5 Å². The number of fused-ring (bicyclic) bond motifs is 2. The van der Waals surface area contributed by atoms with Crippen LogP contribution in [-0.2, 0) is 11.3 Å². The van der Waals surface area contributed by atoms with Gasteiger partial charge in [0.05, 0.1) is 20.3 Å². The molecule has 1 saturated carbocycles. The Balaban J connectivity index is 1.85. The Morgan fingerprint density at radius 1 is 1.08 bits per heavy atom. The summed E-state index contributed by atoms with van der Waals surface area (Å²) in [5, 5.41) is 21.5. The Kier molecular flexibility index (Phi) is 3.80. The van der Waals surface area contributed by atoms with E-state index in [-0.39, 0.29) is 12.0 Å². The molecule has 5 atom stereocenters. The van der Waals surface area contributed by atoms with Crippen molar-refractivity contribution in [3.05, 3.63) is 34.9 Å². The Morgan fingerprint density at radius 2 is 1.79 bits per heavy atom. The molecule has 2 aliphatic heterocycles. The first kappa shape index (κ1) is 15.9. The molecule has 0 bridgehead atoms. The third kappa shape index (κ3) is 2.04. The number of hydrogen-bond acceptors (Lipinski definition) is 6. The van der Waals surface area contributed by atoms with Crippen LogP contribution in [0.3, 0.4) is 0 Å². The largest absolute Gasteiger partial charge is 0.493 e. The molecule has 1 aliphatic carbocycles. The minimum Gasteiger partial charge on any atom is -0.493 e. The van der Waals surface area contributed by atoms with Crippen LogP contribution in [0.2, 0.25) is 0 Å². The lowest BCUT2D eigenvalue weighted by atomic mass is 9.70. The third-order valence-electron chi connectivity index (χ3n) is 5.64. The van der Waals surface area contributed by atoms with E-state index in [4.69, 9.17) is 14.2 Å². The van der Waals surface area contributed by atoms with Crippen molar-refractivity contribution in [2.75, 3.05) is 27.9 Å². The van der Waals surface area contributed by atoms with Crippen LogP contribution in [0, 0.1) is 0 Å². The van der Waals surface area contributed by atoms with E-state index in [9.17, 15) is 10.2 Å². The Hall–Kier alpha value is -1.60. The van der Waals surface area contributed by atoms with Gasteiger partial charge in [0.15, 0.2) is 11.5 Å². The lowest BCUT2D eigenvalue weighted by Crippen LogP contribution is -2.58. The summed E-state index contributed by atoms with van der Waals surface area (Å²) in [7, 11) is 4.76. The predicted molar refractivity (Wildman–Crippen MR) is 87.4 cm³/mol. The first-order valence-corrected chi connectivity index (χ1v) is 8.18. The van der Waals surface area contributed by atoms with Crippen molar-refractivity contribution in [3.8, 4) is 11.5 Å². The number of aliphatic hydroxyl groups excluding tert-OH is 2. The first-order valence-electron chi connectivity index (χ1n) is 8.18. The lowest BCUT2D eigenvalue weighted by molar-refractivity contribution is -0.108. The van der Waals surface area contributed by atoms with E-state index in [0.717, 1.165) is 29.8 Å². The molecule has 0 radical (unpaired) electrons. The predicted octanol–water partition coefficient (Wildman–Crippen LogP) is 0.662. The van der Waals surface area contributed by atoms with Crippen molar-refractivity contribution in [2.45, 2.75) is 36.8 Å². The molecule has 1 aromatic carbocycles. The van der Waals surface area contributed by atoms with Crippen LogP contribution < -0.4 is 9.47 Å². The van der Waals surface area contributed by atoms with Crippen LogP contribution in [0.15, 0.2) is 23.8 Å². The maximum absolute atomic E-state index is 10.9. The molecule has 0 aromatic heterocycles. The van der Waals surface area contributed by atoms with Crippen LogP contribution in [0.1, 0.15) is 17.0 Å². The van der Waals surface area contributed by atoms with Crippen molar-refractivity contribution in [1.29, 1.82) is 0 Å². The van der Waals surface area contributed by atoms with Gasteiger partial charge in [-0.05, 0) is 28.8 Å². The quantitative estimate of drug-likeness (QED) is 0.792. The van der Waals surface area contributed by atoms with Crippen molar-refractivity contribution in [1.82, 2.24) is 4.90 Å². The fourth-order valence-electron chi connectivity index (χ4n) is 4.55. The summed E-state index contributed by atoms with van der Waals surface area (Å²) in [5.74, 6) is 1.19. The molecule has 2 heterocycles. The molecule has 0 saturated heterocycles. The summed E-state index contributed by atoms with van der Waals surface area (Å²) < 4.78 is 16.3. The van der Waals surface area contributed by atoms with Gasteiger partial charge in [-0.15, -0.1) is 0 Å². The molecular formula is C18H23NO5. The zero-order chi connectivity index (χ0) is 17.0. The summed E-state index contributed by atoms with van der Waals surface area (Å²) in [6.45, 7) is 1.53. The van der Waals surface area contributed by atoms with Crippen molar-refractivity contribution < 1.29 is 24.4 Å². The smallest absolute Gasteiger partial charge is 0.161 e. The average molecular weight is 333 g/mol. The molecule has 2 N–H and O–H groups in total. The second-order valence-electron chi connectivity index (χ2n) is 6.65. The number of benzene rings is 1. The van der Waals surface area contributed by atoms with Crippen molar-refractivity contribution >= 4 is 0 Å². The summed E-state index contributed by atoms with van der Waals surface area (Å²) >= 11 is 0. The maximum Gasteiger partial charge on any atom is 0.161 e. The molecule has 0 amide bonds. The van der Waals surface area contributed by atoms with E-state index in [2.05, 4.69) is 11.0 Å². The van der Waals surface area contributed by atoms with E-state index in [0.29, 0.717) is 11.5 Å². The van der Waals surface area contributed by atoms with Crippen molar-refractivity contribution in [2.24, 2.45) is 0 Å². The maximum atomic E-state index is 10.9. The van der Waals surface area contributed by atoms with Gasteiger partial charge in [0.25, 0.3) is 0 Å². The molecule has 6 nitrogen and oxygen atoms in total. The van der Waals surface area contributed by atoms with Gasteiger partial charge in [0, 0.05) is 32.2 Å². The molecule has 1 aromatic rings. The zero-order valence-electron chi connectivity index (χ0n) is 14.1. The van der Waals surface area contributed by atoms with Crippen LogP contribution in [0.4, 0.5) is 0 Å². The minimum absolute atomic E-state index is 0.00648. The average Bonchev–Trinajstić information content (AvgIpc) is 3.01. The van der Waals surface area contributed by atoms with Gasteiger partial charge in [0.2, 0.25) is 0 Å². The first-order chi connectivity index (χ1) is 11.6. The normalized spacial score (nSPS) is 34.4. The van der Waals surface area contributed by atoms with Gasteiger partial charge >= 0.3 is 0 Å². The van der Waals surface area contributed by atoms with Gasteiger partial charge in [0.1, 0.15) is 12.2 Å². The Labute approximate surface area is 141 Å². The second-order valence-corrected chi connectivity index (χ2v) is 6.65.